The van der Waals surface area contributed by atoms with Crippen molar-refractivity contribution in [3.8, 4) is 0 Å². The van der Waals surface area contributed by atoms with Gasteiger partial charge in [0.15, 0.2) is 0 Å². The Morgan fingerprint density at radius 1 is 0.531 bits per heavy atom. The number of rotatable bonds is 6. The van der Waals surface area contributed by atoms with Crippen molar-refractivity contribution in [2.75, 3.05) is 0 Å². The van der Waals surface area contributed by atoms with E-state index < -0.39 is 59.9 Å². The predicted molar refractivity (Wildman–Crippen MR) is 107 cm³/mol. The van der Waals surface area contributed by atoms with Gasteiger partial charge in [-0.25, -0.2) is 10.0 Å². The highest BCUT2D eigenvalue weighted by molar-refractivity contribution is 5.88. The van der Waals surface area contributed by atoms with Crippen LogP contribution in [0.1, 0.15) is 23.2 Å². The summed E-state index contributed by atoms with van der Waals surface area (Å²) in [5.41, 5.74) is 0.774. The summed E-state index contributed by atoms with van der Waals surface area (Å²) in [5.74, 6) is -8.84. The number of aliphatic carboxylic acids is 4. The van der Waals surface area contributed by atoms with Crippen LogP contribution in [0.5, 0.6) is 0 Å². The lowest BCUT2D eigenvalue weighted by molar-refractivity contribution is -0.156. The number of carbonyl (C=O) groups is 4. The molecule has 2 aromatic carbocycles. The van der Waals surface area contributed by atoms with Gasteiger partial charge in [0, 0.05) is 0 Å². The van der Waals surface area contributed by atoms with Crippen LogP contribution in [-0.4, -0.2) is 66.4 Å². The fourth-order valence-corrected chi connectivity index (χ4v) is 5.02. The lowest BCUT2D eigenvalue weighted by Gasteiger charge is -2.31. The molecule has 6 atom stereocenters. The first kappa shape index (κ1) is 21.5. The number of nitrogens with zero attached hydrogens (tertiary/aromatic N) is 2. The monoisotopic (exact) mass is 440 g/mol. The second-order valence-electron chi connectivity index (χ2n) is 7.77. The molecule has 10 heteroatoms. The van der Waals surface area contributed by atoms with Crippen molar-refractivity contribution < 1.29 is 39.6 Å². The van der Waals surface area contributed by atoms with Gasteiger partial charge in [-0.1, -0.05) is 60.7 Å². The largest absolute Gasteiger partial charge is 0.481 e. The molecule has 0 radical (unpaired) electrons. The average Bonchev–Trinajstić information content (AvgIpc) is 3.27. The smallest absolute Gasteiger partial charge is 0.323 e. The highest BCUT2D eigenvalue weighted by Crippen LogP contribution is 2.55. The topological polar surface area (TPSA) is 156 Å². The fourth-order valence-electron chi connectivity index (χ4n) is 5.02. The van der Waals surface area contributed by atoms with Crippen molar-refractivity contribution >= 4 is 23.9 Å². The van der Waals surface area contributed by atoms with Crippen LogP contribution >= 0.6 is 0 Å². The molecule has 166 valence electrons. The summed E-state index contributed by atoms with van der Waals surface area (Å²) < 4.78 is 0. The van der Waals surface area contributed by atoms with E-state index >= 15 is 0 Å². The maximum absolute atomic E-state index is 12.3. The summed E-state index contributed by atoms with van der Waals surface area (Å²) in [6.45, 7) is 0. The Balaban J connectivity index is 2.00. The zero-order valence-electron chi connectivity index (χ0n) is 16.6. The molecular formula is C22H20N2O8. The molecule has 0 bridgehead atoms. The van der Waals surface area contributed by atoms with E-state index in [1.54, 1.807) is 60.7 Å². The molecule has 32 heavy (non-hydrogen) atoms. The molecule has 4 rings (SSSR count). The summed E-state index contributed by atoms with van der Waals surface area (Å²) in [6, 6.07) is 10.5. The molecule has 0 saturated carbocycles. The van der Waals surface area contributed by atoms with Gasteiger partial charge in [0.25, 0.3) is 0 Å². The molecule has 0 amide bonds. The molecule has 2 aliphatic heterocycles. The normalized spacial score (nSPS) is 30.0. The van der Waals surface area contributed by atoms with Gasteiger partial charge < -0.3 is 20.4 Å². The Kier molecular flexibility index (Phi) is 5.41. The van der Waals surface area contributed by atoms with Crippen LogP contribution < -0.4 is 0 Å². The van der Waals surface area contributed by atoms with Crippen molar-refractivity contribution in [2.45, 2.75) is 24.2 Å². The van der Waals surface area contributed by atoms with Crippen LogP contribution in [0.4, 0.5) is 0 Å². The van der Waals surface area contributed by atoms with Crippen molar-refractivity contribution in [1.82, 2.24) is 10.0 Å². The van der Waals surface area contributed by atoms with Gasteiger partial charge in [0.1, 0.15) is 23.9 Å². The first-order valence-corrected chi connectivity index (χ1v) is 9.83. The summed E-state index contributed by atoms with van der Waals surface area (Å²) in [7, 11) is 0. The Morgan fingerprint density at radius 3 is 1.09 bits per heavy atom. The minimum Gasteiger partial charge on any atom is -0.481 e. The predicted octanol–water partition coefficient (Wildman–Crippen LogP) is 1.32. The van der Waals surface area contributed by atoms with Crippen LogP contribution in [0.25, 0.3) is 0 Å². The zero-order valence-corrected chi connectivity index (χ0v) is 16.6. The summed E-state index contributed by atoms with van der Waals surface area (Å²) in [6.07, 6.45) is 0. The summed E-state index contributed by atoms with van der Waals surface area (Å²) >= 11 is 0. The maximum Gasteiger partial charge on any atom is 0.323 e. The third-order valence-electron chi connectivity index (χ3n) is 6.13. The van der Waals surface area contributed by atoms with Crippen molar-refractivity contribution in [3.05, 3.63) is 71.8 Å². The SMILES string of the molecule is O=C(O)[C@@H]1[C@H](C(=O)O)N2[C@H](c3ccccc3)[C@H](C(=O)O)[C@H](C(=O)O)N2[C@H]1c1ccccc1. The summed E-state index contributed by atoms with van der Waals surface area (Å²) in [5, 5.41) is 42.3. The first-order chi connectivity index (χ1) is 15.3. The van der Waals surface area contributed by atoms with Crippen molar-refractivity contribution in [1.29, 1.82) is 0 Å². The van der Waals surface area contributed by atoms with E-state index in [1.807, 2.05) is 0 Å². The standard InChI is InChI=1S/C22H20N2O8/c25-19(26)13-15(11-7-3-1-4-8-11)23-18(22(31)32)14(20(27)28)16(12-9-5-2-6-10-12)24(23)17(13)21(29)30/h1-10,13-18H,(H,25,26)(H,27,28)(H,29,30)(H,31,32)/t13-,14-,15-,16+,17+,18+/m0/s1. The van der Waals surface area contributed by atoms with E-state index in [1.165, 1.54) is 0 Å². The number of hydrogen-bond acceptors (Lipinski definition) is 6. The van der Waals surface area contributed by atoms with Crippen molar-refractivity contribution in [3.63, 3.8) is 0 Å². The lowest BCUT2D eigenvalue weighted by Crippen LogP contribution is -2.46. The molecule has 0 spiro atoms. The van der Waals surface area contributed by atoms with Gasteiger partial charge in [0.2, 0.25) is 0 Å². The molecule has 0 aliphatic carbocycles. The van der Waals surface area contributed by atoms with Crippen LogP contribution in [0.2, 0.25) is 0 Å². The van der Waals surface area contributed by atoms with E-state index in [4.69, 9.17) is 0 Å². The second-order valence-corrected chi connectivity index (χ2v) is 7.77. The number of carboxylic acid groups (broad SMARTS) is 4. The number of benzene rings is 2. The van der Waals surface area contributed by atoms with E-state index in [0.717, 1.165) is 10.0 Å². The number of hydrazine groups is 1. The molecule has 0 unspecified atom stereocenters. The third kappa shape index (κ3) is 3.20. The Morgan fingerprint density at radius 2 is 0.844 bits per heavy atom. The van der Waals surface area contributed by atoms with Gasteiger partial charge in [-0.05, 0) is 11.1 Å². The number of carboxylic acids is 4. The van der Waals surface area contributed by atoms with Crippen LogP contribution in [0.15, 0.2) is 60.7 Å². The van der Waals surface area contributed by atoms with Gasteiger partial charge in [-0.15, -0.1) is 0 Å². The second kappa shape index (κ2) is 8.06. The quantitative estimate of drug-likeness (QED) is 0.517. The molecule has 2 heterocycles. The van der Waals surface area contributed by atoms with Gasteiger partial charge >= 0.3 is 23.9 Å². The molecule has 0 aromatic heterocycles. The molecule has 2 saturated heterocycles. The Hall–Kier alpha value is -3.76. The van der Waals surface area contributed by atoms with Gasteiger partial charge in [-0.3, -0.25) is 19.2 Å². The Labute approximate surface area is 181 Å². The number of hydrogen-bond donors (Lipinski definition) is 4. The van der Waals surface area contributed by atoms with Gasteiger partial charge in [-0.2, -0.15) is 0 Å². The van der Waals surface area contributed by atoms with Crippen LogP contribution in [0, 0.1) is 11.8 Å². The van der Waals surface area contributed by atoms with E-state index in [-0.39, 0.29) is 0 Å². The van der Waals surface area contributed by atoms with E-state index in [2.05, 4.69) is 0 Å². The molecule has 2 fully saturated rings. The third-order valence-corrected chi connectivity index (χ3v) is 6.13. The Bertz CT molecular complexity index is 975. The number of fused-ring (bicyclic) bond motifs is 1. The maximum atomic E-state index is 12.3. The van der Waals surface area contributed by atoms with Crippen molar-refractivity contribution in [2.24, 2.45) is 11.8 Å². The average molecular weight is 440 g/mol. The lowest BCUT2D eigenvalue weighted by atomic mass is 9.82. The highest BCUT2D eigenvalue weighted by Gasteiger charge is 2.68. The zero-order chi connectivity index (χ0) is 23.2. The molecule has 10 nitrogen and oxygen atoms in total. The van der Waals surface area contributed by atoms with E-state index in [9.17, 15) is 39.6 Å². The van der Waals surface area contributed by atoms with E-state index in [0.29, 0.717) is 11.1 Å². The summed E-state index contributed by atoms with van der Waals surface area (Å²) in [4.78, 5) is 49.3. The van der Waals surface area contributed by atoms with Crippen LogP contribution in [-0.2, 0) is 19.2 Å². The highest BCUT2D eigenvalue weighted by atomic mass is 16.4. The van der Waals surface area contributed by atoms with Crippen LogP contribution in [0.3, 0.4) is 0 Å². The molecular weight excluding hydrogens is 420 g/mol. The first-order valence-electron chi connectivity index (χ1n) is 9.83. The minimum absolute atomic E-state index is 0.387. The molecule has 4 N–H and O–H groups in total. The van der Waals surface area contributed by atoms with Gasteiger partial charge in [0.05, 0.1) is 12.1 Å². The molecule has 2 aliphatic rings. The minimum atomic E-state index is -1.67. The fraction of sp³-hybridized carbons (Fsp3) is 0.273. The molecule has 2 aromatic rings.